The Morgan fingerprint density at radius 3 is 2.69 bits per heavy atom. The molecule has 3 heteroatoms. The molecular weight excluding hydrogens is 220 g/mol. The van der Waals surface area contributed by atoms with Crippen molar-refractivity contribution in [2.24, 2.45) is 5.73 Å². The van der Waals surface area contributed by atoms with Gasteiger partial charge in [0, 0.05) is 16.2 Å². The van der Waals surface area contributed by atoms with Crippen LogP contribution < -0.4 is 5.73 Å². The summed E-state index contributed by atoms with van der Waals surface area (Å²) in [6.07, 6.45) is 4.61. The Morgan fingerprint density at radius 1 is 1.19 bits per heavy atom. The molecular formula is C13H15ClN2. The fraction of sp³-hybridized carbons (Fsp3) is 0.385. The van der Waals surface area contributed by atoms with E-state index in [-0.39, 0.29) is 5.54 Å². The van der Waals surface area contributed by atoms with Crippen molar-refractivity contribution in [1.82, 2.24) is 4.98 Å². The number of hydrogen-bond acceptors (Lipinski definition) is 1. The molecule has 1 saturated carbocycles. The van der Waals surface area contributed by atoms with Crippen molar-refractivity contribution in [3.8, 4) is 0 Å². The lowest BCUT2D eigenvalue weighted by atomic mass is 9.95. The van der Waals surface area contributed by atoms with E-state index >= 15 is 0 Å². The smallest absolute Gasteiger partial charge is 0.0561 e. The van der Waals surface area contributed by atoms with Gasteiger partial charge in [0.1, 0.15) is 0 Å². The van der Waals surface area contributed by atoms with E-state index in [1.807, 2.05) is 18.2 Å². The Bertz CT molecular complexity index is 524. The Labute approximate surface area is 99.8 Å². The minimum atomic E-state index is -0.147. The third-order valence-electron chi connectivity index (χ3n) is 3.62. The number of rotatable bonds is 1. The molecule has 2 aromatic rings. The summed E-state index contributed by atoms with van der Waals surface area (Å²) in [5, 5.41) is 1.95. The van der Waals surface area contributed by atoms with Crippen molar-refractivity contribution in [2.75, 3.05) is 0 Å². The largest absolute Gasteiger partial charge is 0.357 e. The van der Waals surface area contributed by atoms with Crippen molar-refractivity contribution in [3.05, 3.63) is 35.0 Å². The summed E-state index contributed by atoms with van der Waals surface area (Å²) >= 11 is 5.97. The van der Waals surface area contributed by atoms with E-state index < -0.39 is 0 Å². The molecule has 0 spiro atoms. The van der Waals surface area contributed by atoms with Crippen molar-refractivity contribution in [3.63, 3.8) is 0 Å². The molecule has 0 bridgehead atoms. The van der Waals surface area contributed by atoms with Gasteiger partial charge in [0.2, 0.25) is 0 Å². The van der Waals surface area contributed by atoms with E-state index in [4.69, 9.17) is 17.3 Å². The number of fused-ring (bicyclic) bond motifs is 1. The first kappa shape index (κ1) is 10.2. The van der Waals surface area contributed by atoms with Crippen molar-refractivity contribution in [1.29, 1.82) is 0 Å². The Hall–Kier alpha value is -0.990. The number of H-pyrrole nitrogens is 1. The second-order valence-electron chi connectivity index (χ2n) is 4.78. The van der Waals surface area contributed by atoms with Gasteiger partial charge in [0.25, 0.3) is 0 Å². The van der Waals surface area contributed by atoms with E-state index in [0.717, 1.165) is 29.1 Å². The SMILES string of the molecule is NC1(c2cc3ccc(Cl)cc3[nH]2)CCCC1. The van der Waals surface area contributed by atoms with Crippen molar-refractivity contribution in [2.45, 2.75) is 31.2 Å². The Balaban J connectivity index is 2.11. The third-order valence-corrected chi connectivity index (χ3v) is 3.85. The van der Waals surface area contributed by atoms with E-state index in [2.05, 4.69) is 11.1 Å². The highest BCUT2D eigenvalue weighted by molar-refractivity contribution is 6.31. The molecule has 0 radical (unpaired) electrons. The summed E-state index contributed by atoms with van der Waals surface area (Å²) in [7, 11) is 0. The van der Waals surface area contributed by atoms with Crippen molar-refractivity contribution < 1.29 is 0 Å². The van der Waals surface area contributed by atoms with Crippen LogP contribution in [-0.4, -0.2) is 4.98 Å². The third kappa shape index (κ3) is 1.53. The molecule has 1 fully saturated rings. The first-order valence-electron chi connectivity index (χ1n) is 5.75. The summed E-state index contributed by atoms with van der Waals surface area (Å²) in [5.41, 5.74) is 8.51. The zero-order chi connectivity index (χ0) is 11.2. The summed E-state index contributed by atoms with van der Waals surface area (Å²) < 4.78 is 0. The van der Waals surface area contributed by atoms with E-state index in [9.17, 15) is 0 Å². The Morgan fingerprint density at radius 2 is 1.94 bits per heavy atom. The summed E-state index contributed by atoms with van der Waals surface area (Å²) in [6, 6.07) is 8.07. The fourth-order valence-electron chi connectivity index (χ4n) is 2.64. The second-order valence-corrected chi connectivity index (χ2v) is 5.21. The highest BCUT2D eigenvalue weighted by Crippen LogP contribution is 2.37. The van der Waals surface area contributed by atoms with Crippen LogP contribution in [0.3, 0.4) is 0 Å². The molecule has 1 aliphatic rings. The molecule has 0 aliphatic heterocycles. The molecule has 1 aromatic heterocycles. The predicted molar refractivity (Wildman–Crippen MR) is 67.6 cm³/mol. The fourth-order valence-corrected chi connectivity index (χ4v) is 2.81. The van der Waals surface area contributed by atoms with E-state index in [0.29, 0.717) is 0 Å². The van der Waals surface area contributed by atoms with Gasteiger partial charge in [-0.25, -0.2) is 0 Å². The van der Waals surface area contributed by atoms with Gasteiger partial charge in [-0.2, -0.15) is 0 Å². The molecule has 16 heavy (non-hydrogen) atoms. The van der Waals surface area contributed by atoms with Crippen LogP contribution in [0.2, 0.25) is 5.02 Å². The number of nitrogens with one attached hydrogen (secondary N) is 1. The topological polar surface area (TPSA) is 41.8 Å². The summed E-state index contributed by atoms with van der Waals surface area (Å²) in [5.74, 6) is 0. The van der Waals surface area contributed by atoms with Gasteiger partial charge in [0.05, 0.1) is 5.54 Å². The van der Waals surface area contributed by atoms with Crippen LogP contribution in [0.1, 0.15) is 31.4 Å². The molecule has 3 rings (SSSR count). The number of aromatic nitrogens is 1. The zero-order valence-corrected chi connectivity index (χ0v) is 9.85. The summed E-state index contributed by atoms with van der Waals surface area (Å²) in [6.45, 7) is 0. The first-order chi connectivity index (χ1) is 7.67. The van der Waals surface area contributed by atoms with Gasteiger partial charge in [-0.15, -0.1) is 0 Å². The minimum absolute atomic E-state index is 0.147. The molecule has 0 saturated heterocycles. The maximum absolute atomic E-state index is 6.42. The molecule has 0 atom stereocenters. The van der Waals surface area contributed by atoms with Gasteiger partial charge in [0.15, 0.2) is 0 Å². The first-order valence-corrected chi connectivity index (χ1v) is 6.13. The predicted octanol–water partition coefficient (Wildman–Crippen LogP) is 3.55. The zero-order valence-electron chi connectivity index (χ0n) is 9.09. The monoisotopic (exact) mass is 234 g/mol. The van der Waals surface area contributed by atoms with Crippen LogP contribution in [-0.2, 0) is 5.54 Å². The highest BCUT2D eigenvalue weighted by Gasteiger charge is 2.32. The normalized spacial score (nSPS) is 19.4. The van der Waals surface area contributed by atoms with Gasteiger partial charge in [-0.3, -0.25) is 0 Å². The quantitative estimate of drug-likeness (QED) is 0.779. The molecule has 2 nitrogen and oxygen atoms in total. The van der Waals surface area contributed by atoms with Crippen molar-refractivity contribution >= 4 is 22.5 Å². The molecule has 84 valence electrons. The number of halogens is 1. The highest BCUT2D eigenvalue weighted by atomic mass is 35.5. The maximum atomic E-state index is 6.42. The average molecular weight is 235 g/mol. The Kier molecular flexibility index (Phi) is 2.23. The second kappa shape index (κ2) is 3.51. The van der Waals surface area contributed by atoms with Crippen LogP contribution in [0, 0.1) is 0 Å². The van der Waals surface area contributed by atoms with E-state index in [1.54, 1.807) is 0 Å². The van der Waals surface area contributed by atoms with Crippen LogP contribution in [0.15, 0.2) is 24.3 Å². The molecule has 0 amide bonds. The maximum Gasteiger partial charge on any atom is 0.0561 e. The number of aromatic amines is 1. The molecule has 0 unspecified atom stereocenters. The molecule has 3 N–H and O–H groups in total. The molecule has 1 heterocycles. The van der Waals surface area contributed by atoms with Crippen LogP contribution in [0.25, 0.3) is 10.9 Å². The minimum Gasteiger partial charge on any atom is -0.357 e. The van der Waals surface area contributed by atoms with Crippen LogP contribution >= 0.6 is 11.6 Å². The number of benzene rings is 1. The number of hydrogen-bond donors (Lipinski definition) is 2. The lowest BCUT2D eigenvalue weighted by Gasteiger charge is -2.21. The molecule has 1 aliphatic carbocycles. The standard InChI is InChI=1S/C13H15ClN2/c14-10-4-3-9-7-12(16-11(9)8-10)13(15)5-1-2-6-13/h3-4,7-8,16H,1-2,5-6,15H2. The van der Waals surface area contributed by atoms with E-state index in [1.165, 1.54) is 18.2 Å². The van der Waals surface area contributed by atoms with Gasteiger partial charge in [-0.05, 0) is 36.4 Å². The van der Waals surface area contributed by atoms with Gasteiger partial charge in [-0.1, -0.05) is 30.5 Å². The van der Waals surface area contributed by atoms with Gasteiger partial charge < -0.3 is 10.7 Å². The number of nitrogens with two attached hydrogens (primary N) is 1. The van der Waals surface area contributed by atoms with Gasteiger partial charge >= 0.3 is 0 Å². The lowest BCUT2D eigenvalue weighted by Crippen LogP contribution is -2.33. The average Bonchev–Trinajstić information content (AvgIpc) is 2.84. The van der Waals surface area contributed by atoms with Crippen LogP contribution in [0.5, 0.6) is 0 Å². The summed E-state index contributed by atoms with van der Waals surface area (Å²) in [4.78, 5) is 3.41. The van der Waals surface area contributed by atoms with Crippen LogP contribution in [0.4, 0.5) is 0 Å². The lowest BCUT2D eigenvalue weighted by molar-refractivity contribution is 0.450. The molecule has 1 aromatic carbocycles.